The highest BCUT2D eigenvalue weighted by Gasteiger charge is 2.37. The van der Waals surface area contributed by atoms with Crippen LogP contribution in [0.4, 0.5) is 0 Å². The van der Waals surface area contributed by atoms with E-state index in [0.29, 0.717) is 9.23 Å². The molecule has 2 aliphatic rings. The van der Waals surface area contributed by atoms with Gasteiger partial charge in [0.25, 0.3) is 5.91 Å². The second kappa shape index (κ2) is 8.49. The van der Waals surface area contributed by atoms with Crippen LogP contribution >= 0.6 is 35.3 Å². The van der Waals surface area contributed by atoms with Crippen molar-refractivity contribution in [2.45, 2.75) is 38.1 Å². The molecule has 152 valence electrons. The molecule has 1 amide bonds. The first-order valence-corrected chi connectivity index (χ1v) is 12.3. The van der Waals surface area contributed by atoms with Crippen LogP contribution in [-0.2, 0) is 4.79 Å². The third kappa shape index (κ3) is 3.77. The Morgan fingerprint density at radius 2 is 1.87 bits per heavy atom. The first kappa shape index (κ1) is 19.7. The average molecular weight is 452 g/mol. The van der Waals surface area contributed by atoms with Gasteiger partial charge in [0, 0.05) is 17.8 Å². The highest BCUT2D eigenvalue weighted by molar-refractivity contribution is 8.26. The molecule has 2 aromatic heterocycles. The molecule has 0 N–H and O–H groups in total. The van der Waals surface area contributed by atoms with E-state index in [1.807, 2.05) is 63.6 Å². The number of carbonyl (C=O) groups excluding carboxylic acids is 1. The first-order valence-electron chi connectivity index (χ1n) is 10.2. The van der Waals surface area contributed by atoms with Crippen molar-refractivity contribution in [2.75, 3.05) is 0 Å². The number of hydrogen-bond acceptors (Lipinski definition) is 5. The van der Waals surface area contributed by atoms with Gasteiger partial charge in [-0.3, -0.25) is 9.69 Å². The van der Waals surface area contributed by atoms with Crippen molar-refractivity contribution in [3.63, 3.8) is 0 Å². The maximum atomic E-state index is 13.2. The lowest BCUT2D eigenvalue weighted by molar-refractivity contribution is -0.124. The number of thiophene rings is 1. The van der Waals surface area contributed by atoms with Gasteiger partial charge in [0.2, 0.25) is 0 Å². The molecule has 30 heavy (non-hydrogen) atoms. The fourth-order valence-corrected chi connectivity index (χ4v) is 6.21. The fourth-order valence-electron chi connectivity index (χ4n) is 4.09. The molecule has 1 aliphatic carbocycles. The van der Waals surface area contributed by atoms with Gasteiger partial charge in [-0.2, -0.15) is 5.10 Å². The summed E-state index contributed by atoms with van der Waals surface area (Å²) in [5.74, 6) is 0.0430. The van der Waals surface area contributed by atoms with Gasteiger partial charge < -0.3 is 0 Å². The third-order valence-corrected chi connectivity index (χ3v) is 7.77. The van der Waals surface area contributed by atoms with E-state index in [2.05, 4.69) is 6.07 Å². The number of thiocarbonyl (C=S) groups is 1. The van der Waals surface area contributed by atoms with E-state index in [4.69, 9.17) is 17.3 Å². The zero-order valence-corrected chi connectivity index (χ0v) is 18.8. The molecule has 0 radical (unpaired) electrons. The molecular formula is C23H21N3OS3. The standard InChI is InChI=1S/C23H21N3OS3/c27-22-20(30-23(28)26(22)18-10-5-2-6-11-18)14-16-15-25(17-8-3-1-4-9-17)24-21(16)19-12-7-13-29-19/h1,3-4,7-9,12-15,18H,2,5-6,10-11H2/b20-14-. The number of nitrogens with zero attached hydrogens (tertiary/aromatic N) is 3. The van der Waals surface area contributed by atoms with Crippen LogP contribution in [0.1, 0.15) is 37.7 Å². The lowest BCUT2D eigenvalue weighted by atomic mass is 9.94. The van der Waals surface area contributed by atoms with Gasteiger partial charge in [0.15, 0.2) is 0 Å². The number of carbonyl (C=O) groups is 1. The van der Waals surface area contributed by atoms with Gasteiger partial charge in [-0.25, -0.2) is 4.68 Å². The summed E-state index contributed by atoms with van der Waals surface area (Å²) >= 11 is 8.66. The summed E-state index contributed by atoms with van der Waals surface area (Å²) in [6, 6.07) is 14.4. The summed E-state index contributed by atoms with van der Waals surface area (Å²) in [6.45, 7) is 0. The second-order valence-corrected chi connectivity index (χ2v) is 10.2. The lowest BCUT2D eigenvalue weighted by Crippen LogP contribution is -2.39. The largest absolute Gasteiger partial charge is 0.290 e. The van der Waals surface area contributed by atoms with Crippen molar-refractivity contribution < 1.29 is 4.79 Å². The summed E-state index contributed by atoms with van der Waals surface area (Å²) in [6.07, 6.45) is 9.66. The van der Waals surface area contributed by atoms with Crippen LogP contribution in [0.2, 0.25) is 0 Å². The van der Waals surface area contributed by atoms with E-state index >= 15 is 0 Å². The minimum absolute atomic E-state index is 0.0430. The van der Waals surface area contributed by atoms with Gasteiger partial charge in [-0.15, -0.1) is 11.3 Å². The maximum absolute atomic E-state index is 13.2. The van der Waals surface area contributed by atoms with Crippen LogP contribution in [0.5, 0.6) is 0 Å². The Kier molecular flexibility index (Phi) is 5.58. The molecule has 0 atom stereocenters. The Balaban J connectivity index is 1.52. The van der Waals surface area contributed by atoms with E-state index in [-0.39, 0.29) is 11.9 Å². The number of hydrogen-bond donors (Lipinski definition) is 0. The molecule has 3 aromatic rings. The van der Waals surface area contributed by atoms with Gasteiger partial charge in [-0.05, 0) is 42.5 Å². The zero-order chi connectivity index (χ0) is 20.5. The Morgan fingerprint density at radius 1 is 1.07 bits per heavy atom. The maximum Gasteiger partial charge on any atom is 0.266 e. The number of para-hydroxylation sites is 1. The van der Waals surface area contributed by atoms with Crippen LogP contribution in [0, 0.1) is 0 Å². The smallest absolute Gasteiger partial charge is 0.266 e. The van der Waals surface area contributed by atoms with Crippen molar-refractivity contribution in [3.05, 3.63) is 64.5 Å². The zero-order valence-electron chi connectivity index (χ0n) is 16.4. The van der Waals surface area contributed by atoms with Crippen molar-refractivity contribution >= 4 is 51.6 Å². The molecule has 3 heterocycles. The summed E-state index contributed by atoms with van der Waals surface area (Å²) in [7, 11) is 0. The summed E-state index contributed by atoms with van der Waals surface area (Å²) in [5, 5.41) is 6.88. The Hall–Kier alpha value is -2.22. The van der Waals surface area contributed by atoms with Gasteiger partial charge >= 0.3 is 0 Å². The summed E-state index contributed by atoms with van der Waals surface area (Å²) in [4.78, 5) is 16.9. The Labute approximate surface area is 189 Å². The number of benzene rings is 1. The minimum Gasteiger partial charge on any atom is -0.290 e. The molecule has 2 fully saturated rings. The van der Waals surface area contributed by atoms with Crippen LogP contribution < -0.4 is 0 Å². The van der Waals surface area contributed by atoms with Crippen LogP contribution in [0.3, 0.4) is 0 Å². The Bertz CT molecular complexity index is 1100. The van der Waals surface area contributed by atoms with Crippen molar-refractivity contribution in [2.24, 2.45) is 0 Å². The predicted molar refractivity (Wildman–Crippen MR) is 129 cm³/mol. The molecule has 4 nitrogen and oxygen atoms in total. The number of rotatable bonds is 4. The highest BCUT2D eigenvalue weighted by Crippen LogP contribution is 2.38. The van der Waals surface area contributed by atoms with Crippen molar-refractivity contribution in [1.82, 2.24) is 14.7 Å². The number of aromatic nitrogens is 2. The molecule has 0 bridgehead atoms. The van der Waals surface area contributed by atoms with Crippen LogP contribution in [0.15, 0.2) is 58.9 Å². The molecule has 1 aliphatic heterocycles. The van der Waals surface area contributed by atoms with E-state index in [0.717, 1.165) is 34.7 Å². The van der Waals surface area contributed by atoms with Gasteiger partial charge in [0.05, 0.1) is 15.5 Å². The molecule has 0 unspecified atom stereocenters. The molecule has 1 saturated carbocycles. The highest BCUT2D eigenvalue weighted by atomic mass is 32.2. The number of amides is 1. The molecule has 0 spiro atoms. The quantitative estimate of drug-likeness (QED) is 0.353. The molecular weight excluding hydrogens is 430 g/mol. The first-order chi connectivity index (χ1) is 14.7. The van der Waals surface area contributed by atoms with Crippen molar-refractivity contribution in [1.29, 1.82) is 0 Å². The van der Waals surface area contributed by atoms with Crippen molar-refractivity contribution in [3.8, 4) is 16.3 Å². The molecule has 7 heteroatoms. The number of thioether (sulfide) groups is 1. The topological polar surface area (TPSA) is 38.1 Å². The summed E-state index contributed by atoms with van der Waals surface area (Å²) in [5.41, 5.74) is 2.81. The molecule has 5 rings (SSSR count). The van der Waals surface area contributed by atoms with Crippen LogP contribution in [-0.4, -0.2) is 30.9 Å². The predicted octanol–water partition coefficient (Wildman–Crippen LogP) is 6.13. The lowest BCUT2D eigenvalue weighted by Gasteiger charge is -2.29. The fraction of sp³-hybridized carbons (Fsp3) is 0.261. The Morgan fingerprint density at radius 3 is 2.60 bits per heavy atom. The van der Waals surface area contributed by atoms with Gasteiger partial charge in [0.1, 0.15) is 10.0 Å². The van der Waals surface area contributed by atoms with Crippen LogP contribution in [0.25, 0.3) is 22.3 Å². The third-order valence-electron chi connectivity index (χ3n) is 5.57. The second-order valence-electron chi connectivity index (χ2n) is 7.53. The summed E-state index contributed by atoms with van der Waals surface area (Å²) < 4.78 is 2.56. The normalized spacial score (nSPS) is 19.2. The SMILES string of the molecule is O=C1/C(=C/c2cn(-c3ccccc3)nc2-c2cccs2)SC(=S)N1C1CCCCC1. The van der Waals surface area contributed by atoms with E-state index in [9.17, 15) is 4.79 Å². The molecule has 1 aromatic carbocycles. The average Bonchev–Trinajstić information content (AvgIpc) is 3.50. The minimum atomic E-state index is 0.0430. The van der Waals surface area contributed by atoms with E-state index in [1.165, 1.54) is 31.0 Å². The molecule has 1 saturated heterocycles. The monoisotopic (exact) mass is 451 g/mol. The van der Waals surface area contributed by atoms with Gasteiger partial charge in [-0.1, -0.05) is 67.5 Å². The van der Waals surface area contributed by atoms with E-state index in [1.54, 1.807) is 11.3 Å². The van der Waals surface area contributed by atoms with E-state index < -0.39 is 0 Å².